The second kappa shape index (κ2) is 7.22. The lowest BCUT2D eigenvalue weighted by Gasteiger charge is -2.15. The number of benzene rings is 1. The Labute approximate surface area is 125 Å². The highest BCUT2D eigenvalue weighted by Crippen LogP contribution is 2.30. The average Bonchev–Trinajstić information content (AvgIpc) is 2.87. The molecule has 1 aliphatic rings. The number of nitrogens with zero attached hydrogens (tertiary/aromatic N) is 1. The maximum Gasteiger partial charge on any atom is 0.224 e. The van der Waals surface area contributed by atoms with Crippen LogP contribution >= 0.6 is 0 Å². The van der Waals surface area contributed by atoms with Gasteiger partial charge < -0.3 is 16.0 Å². The van der Waals surface area contributed by atoms with Crippen molar-refractivity contribution < 1.29 is 9.59 Å². The molecular formula is C16H23N3O2. The topological polar surface area (TPSA) is 75.4 Å². The van der Waals surface area contributed by atoms with Gasteiger partial charge in [0, 0.05) is 31.3 Å². The van der Waals surface area contributed by atoms with Crippen molar-refractivity contribution in [2.45, 2.75) is 39.0 Å². The molecule has 0 aromatic heterocycles. The van der Waals surface area contributed by atoms with E-state index in [1.165, 1.54) is 0 Å². The Balaban J connectivity index is 1.91. The van der Waals surface area contributed by atoms with Crippen molar-refractivity contribution in [3.63, 3.8) is 0 Å². The van der Waals surface area contributed by atoms with E-state index in [2.05, 4.69) is 5.32 Å². The Hall–Kier alpha value is -1.88. The van der Waals surface area contributed by atoms with Gasteiger partial charge in [0.05, 0.1) is 0 Å². The van der Waals surface area contributed by atoms with E-state index >= 15 is 0 Å². The minimum Gasteiger partial charge on any atom is -0.330 e. The smallest absolute Gasteiger partial charge is 0.224 e. The van der Waals surface area contributed by atoms with Gasteiger partial charge in [-0.25, -0.2) is 0 Å². The molecule has 1 aromatic carbocycles. The fourth-order valence-corrected chi connectivity index (χ4v) is 2.64. The van der Waals surface area contributed by atoms with Gasteiger partial charge in [0.25, 0.3) is 0 Å². The van der Waals surface area contributed by atoms with Crippen LogP contribution in [0.25, 0.3) is 0 Å². The highest BCUT2D eigenvalue weighted by molar-refractivity contribution is 5.95. The molecule has 0 saturated carbocycles. The van der Waals surface area contributed by atoms with Crippen molar-refractivity contribution >= 4 is 23.2 Å². The fourth-order valence-electron chi connectivity index (χ4n) is 2.64. The molecule has 1 aliphatic heterocycles. The van der Waals surface area contributed by atoms with Crippen LogP contribution in [0.1, 0.15) is 38.2 Å². The van der Waals surface area contributed by atoms with Crippen molar-refractivity contribution in [3.05, 3.63) is 23.8 Å². The molecule has 2 rings (SSSR count). The number of carbonyl (C=O) groups excluding carboxylic acids is 2. The summed E-state index contributed by atoms with van der Waals surface area (Å²) in [7, 11) is 0. The number of fused-ring (bicyclic) bond motifs is 1. The van der Waals surface area contributed by atoms with Gasteiger partial charge in [-0.15, -0.1) is 0 Å². The van der Waals surface area contributed by atoms with Crippen LogP contribution in [0.2, 0.25) is 0 Å². The number of anilines is 2. The molecule has 0 saturated heterocycles. The predicted molar refractivity (Wildman–Crippen MR) is 84.3 cm³/mol. The molecule has 0 fully saturated rings. The first-order chi connectivity index (χ1) is 10.1. The first-order valence-electron chi connectivity index (χ1n) is 7.53. The second-order valence-electron chi connectivity index (χ2n) is 5.41. The monoisotopic (exact) mass is 289 g/mol. The Morgan fingerprint density at radius 2 is 2.10 bits per heavy atom. The van der Waals surface area contributed by atoms with E-state index in [1.54, 1.807) is 11.8 Å². The Bertz CT molecular complexity index is 528. The zero-order valence-corrected chi connectivity index (χ0v) is 12.5. The molecule has 0 spiro atoms. The number of hydrogen-bond acceptors (Lipinski definition) is 3. The maximum atomic E-state index is 11.8. The van der Waals surface area contributed by atoms with Gasteiger partial charge in [0.1, 0.15) is 0 Å². The largest absolute Gasteiger partial charge is 0.330 e. The molecule has 0 atom stereocenters. The molecule has 5 heteroatoms. The summed E-state index contributed by atoms with van der Waals surface area (Å²) >= 11 is 0. The average molecular weight is 289 g/mol. The zero-order valence-electron chi connectivity index (χ0n) is 12.5. The van der Waals surface area contributed by atoms with E-state index in [0.29, 0.717) is 13.0 Å². The van der Waals surface area contributed by atoms with E-state index in [-0.39, 0.29) is 11.8 Å². The summed E-state index contributed by atoms with van der Waals surface area (Å²) in [5, 5.41) is 2.92. The van der Waals surface area contributed by atoms with Gasteiger partial charge in [-0.2, -0.15) is 0 Å². The van der Waals surface area contributed by atoms with Gasteiger partial charge in [-0.05, 0) is 49.6 Å². The summed E-state index contributed by atoms with van der Waals surface area (Å²) in [6.07, 6.45) is 4.19. The van der Waals surface area contributed by atoms with Crippen molar-refractivity contribution in [2.24, 2.45) is 5.73 Å². The number of hydrogen-bond donors (Lipinski definition) is 2. The van der Waals surface area contributed by atoms with Crippen molar-refractivity contribution in [3.8, 4) is 0 Å². The van der Waals surface area contributed by atoms with Crippen LogP contribution in [-0.4, -0.2) is 24.9 Å². The molecule has 0 aliphatic carbocycles. The lowest BCUT2D eigenvalue weighted by Crippen LogP contribution is -2.25. The molecule has 2 amide bonds. The molecule has 0 unspecified atom stereocenters. The number of carbonyl (C=O) groups is 2. The first kappa shape index (κ1) is 15.5. The van der Waals surface area contributed by atoms with Gasteiger partial charge in [0.2, 0.25) is 11.8 Å². The number of amides is 2. The van der Waals surface area contributed by atoms with Crippen LogP contribution in [0.15, 0.2) is 18.2 Å². The SMILES string of the molecule is CC(=O)N1CCc2cc(NC(=O)CCCCCN)ccc21. The first-order valence-corrected chi connectivity index (χ1v) is 7.53. The van der Waals surface area contributed by atoms with Crippen molar-refractivity contribution in [1.29, 1.82) is 0 Å². The summed E-state index contributed by atoms with van der Waals surface area (Å²) in [5.41, 5.74) is 8.31. The van der Waals surface area contributed by atoms with Crippen LogP contribution in [0.4, 0.5) is 11.4 Å². The van der Waals surface area contributed by atoms with Gasteiger partial charge in [-0.1, -0.05) is 6.42 Å². The summed E-state index contributed by atoms with van der Waals surface area (Å²) in [6, 6.07) is 5.74. The molecule has 5 nitrogen and oxygen atoms in total. The lowest BCUT2D eigenvalue weighted by atomic mass is 10.1. The molecule has 0 bridgehead atoms. The van der Waals surface area contributed by atoms with Gasteiger partial charge in [0.15, 0.2) is 0 Å². The molecule has 3 N–H and O–H groups in total. The van der Waals surface area contributed by atoms with Gasteiger partial charge in [-0.3, -0.25) is 9.59 Å². The quantitative estimate of drug-likeness (QED) is 0.787. The molecule has 1 heterocycles. The number of rotatable bonds is 6. The highest BCUT2D eigenvalue weighted by Gasteiger charge is 2.22. The number of nitrogens with one attached hydrogen (secondary N) is 1. The third-order valence-electron chi connectivity index (χ3n) is 3.75. The summed E-state index contributed by atoms with van der Waals surface area (Å²) < 4.78 is 0. The summed E-state index contributed by atoms with van der Waals surface area (Å²) in [5.74, 6) is 0.0961. The molecule has 0 radical (unpaired) electrons. The van der Waals surface area contributed by atoms with Crippen LogP contribution in [-0.2, 0) is 16.0 Å². The molecule has 114 valence electrons. The van der Waals surface area contributed by atoms with E-state index in [4.69, 9.17) is 5.73 Å². The second-order valence-corrected chi connectivity index (χ2v) is 5.41. The van der Waals surface area contributed by atoms with E-state index in [0.717, 1.165) is 49.2 Å². The summed E-state index contributed by atoms with van der Waals surface area (Å²) in [4.78, 5) is 25.1. The van der Waals surface area contributed by atoms with Gasteiger partial charge >= 0.3 is 0 Å². The van der Waals surface area contributed by atoms with E-state index < -0.39 is 0 Å². The summed E-state index contributed by atoms with van der Waals surface area (Å²) in [6.45, 7) is 2.98. The minimum atomic E-state index is 0.0355. The Morgan fingerprint density at radius 3 is 2.81 bits per heavy atom. The number of unbranched alkanes of at least 4 members (excludes halogenated alkanes) is 2. The third kappa shape index (κ3) is 4.04. The van der Waals surface area contributed by atoms with Crippen molar-refractivity contribution in [1.82, 2.24) is 0 Å². The highest BCUT2D eigenvalue weighted by atomic mass is 16.2. The van der Waals surface area contributed by atoms with Crippen LogP contribution in [0.5, 0.6) is 0 Å². The van der Waals surface area contributed by atoms with Crippen LogP contribution < -0.4 is 16.0 Å². The fraction of sp³-hybridized carbons (Fsp3) is 0.500. The normalized spacial score (nSPS) is 13.1. The predicted octanol–water partition coefficient (Wildman–Crippen LogP) is 2.05. The molecule has 21 heavy (non-hydrogen) atoms. The Morgan fingerprint density at radius 1 is 1.29 bits per heavy atom. The van der Waals surface area contributed by atoms with E-state index in [9.17, 15) is 9.59 Å². The minimum absolute atomic E-state index is 0.0355. The lowest BCUT2D eigenvalue weighted by molar-refractivity contribution is -0.117. The maximum absolute atomic E-state index is 11.8. The van der Waals surface area contributed by atoms with Crippen molar-refractivity contribution in [2.75, 3.05) is 23.3 Å². The van der Waals surface area contributed by atoms with E-state index in [1.807, 2.05) is 18.2 Å². The Kier molecular flexibility index (Phi) is 5.33. The molecule has 1 aromatic rings. The standard InChI is InChI=1S/C16H23N3O2/c1-12(20)19-10-8-13-11-14(6-7-15(13)19)18-16(21)5-3-2-4-9-17/h6-7,11H,2-5,8-10,17H2,1H3,(H,18,21). The zero-order chi connectivity index (χ0) is 15.2. The number of nitrogens with two attached hydrogens (primary N) is 1. The van der Waals surface area contributed by atoms with Crippen LogP contribution in [0, 0.1) is 0 Å². The third-order valence-corrected chi connectivity index (χ3v) is 3.75. The van der Waals surface area contributed by atoms with Crippen LogP contribution in [0.3, 0.4) is 0 Å². The molecular weight excluding hydrogens is 266 g/mol.